The van der Waals surface area contributed by atoms with Crippen LogP contribution in [0, 0.1) is 0 Å². The maximum absolute atomic E-state index is 4.95. The summed E-state index contributed by atoms with van der Waals surface area (Å²) in [7, 11) is 0. The Morgan fingerprint density at radius 1 is 0.409 bits per heavy atom. The molecule has 4 heteroatoms. The Morgan fingerprint density at radius 2 is 0.886 bits per heavy atom. The van der Waals surface area contributed by atoms with E-state index in [1.165, 1.54) is 49.7 Å². The summed E-state index contributed by atoms with van der Waals surface area (Å²) in [6, 6.07) is 51.1. The predicted octanol–water partition coefficient (Wildman–Crippen LogP) is 9.54. The first-order valence-corrected chi connectivity index (χ1v) is 14.9. The average molecular weight is 563 g/mol. The van der Waals surface area contributed by atoms with E-state index in [1.54, 1.807) is 0 Å². The van der Waals surface area contributed by atoms with Crippen molar-refractivity contribution in [2.24, 2.45) is 0 Å². The van der Waals surface area contributed by atoms with Gasteiger partial charge >= 0.3 is 0 Å². The van der Waals surface area contributed by atoms with Gasteiger partial charge in [-0.2, -0.15) is 0 Å². The first kappa shape index (κ1) is 24.7. The summed E-state index contributed by atoms with van der Waals surface area (Å²) >= 11 is 0. The summed E-state index contributed by atoms with van der Waals surface area (Å²) in [5.41, 5.74) is 11.8. The van der Waals surface area contributed by atoms with Gasteiger partial charge in [-0.05, 0) is 59.0 Å². The molecule has 1 aliphatic carbocycles. The van der Waals surface area contributed by atoms with Crippen molar-refractivity contribution in [2.45, 2.75) is 6.42 Å². The number of rotatable bonds is 4. The molecule has 44 heavy (non-hydrogen) atoms. The molecule has 0 atom stereocenters. The number of nitrogens with zero attached hydrogens (tertiary/aromatic N) is 4. The van der Waals surface area contributed by atoms with Crippen molar-refractivity contribution >= 4 is 21.8 Å². The SMILES string of the molecule is c1ccc(-c2nc(-c3ccccc3)nc(-c3ccc4c(c3)Cc3cc(-n5c6ccccc6c6ccccc65)ccc3-4)n2)cc1. The van der Waals surface area contributed by atoms with Gasteiger partial charge in [-0.1, -0.05) is 115 Å². The highest BCUT2D eigenvalue weighted by Gasteiger charge is 2.22. The minimum atomic E-state index is 0.675. The highest BCUT2D eigenvalue weighted by atomic mass is 15.0. The van der Waals surface area contributed by atoms with Crippen molar-refractivity contribution in [1.29, 1.82) is 0 Å². The van der Waals surface area contributed by atoms with Crippen molar-refractivity contribution in [3.63, 3.8) is 0 Å². The number of aromatic nitrogens is 4. The lowest BCUT2D eigenvalue weighted by atomic mass is 10.0. The molecule has 1 aliphatic rings. The van der Waals surface area contributed by atoms with E-state index in [2.05, 4.69) is 89.5 Å². The largest absolute Gasteiger partial charge is 0.309 e. The topological polar surface area (TPSA) is 43.6 Å². The molecule has 0 N–H and O–H groups in total. The number of para-hydroxylation sites is 2. The van der Waals surface area contributed by atoms with Crippen molar-refractivity contribution in [3.8, 4) is 51.0 Å². The van der Waals surface area contributed by atoms with E-state index >= 15 is 0 Å². The van der Waals surface area contributed by atoms with Crippen LogP contribution in [-0.2, 0) is 6.42 Å². The van der Waals surface area contributed by atoms with E-state index in [1.807, 2.05) is 60.7 Å². The van der Waals surface area contributed by atoms with Crippen molar-refractivity contribution < 1.29 is 0 Å². The van der Waals surface area contributed by atoms with Gasteiger partial charge in [0.05, 0.1) is 11.0 Å². The third kappa shape index (κ3) is 3.96. The van der Waals surface area contributed by atoms with Crippen LogP contribution < -0.4 is 0 Å². The molecule has 0 saturated carbocycles. The van der Waals surface area contributed by atoms with Gasteiger partial charge in [-0.15, -0.1) is 0 Å². The Labute approximate surface area is 255 Å². The van der Waals surface area contributed by atoms with Crippen molar-refractivity contribution in [3.05, 3.63) is 157 Å². The molecule has 2 aromatic heterocycles. The fourth-order valence-electron chi connectivity index (χ4n) is 6.61. The second-order valence-corrected chi connectivity index (χ2v) is 11.3. The molecule has 206 valence electrons. The monoisotopic (exact) mass is 562 g/mol. The average Bonchev–Trinajstić information content (AvgIpc) is 3.63. The molecule has 0 spiro atoms. The molecule has 0 saturated heterocycles. The Kier molecular flexibility index (Phi) is 5.53. The lowest BCUT2D eigenvalue weighted by Crippen LogP contribution is -2.00. The summed E-state index contributed by atoms with van der Waals surface area (Å²) in [6.07, 6.45) is 0.867. The van der Waals surface area contributed by atoms with Crippen molar-refractivity contribution in [1.82, 2.24) is 19.5 Å². The number of fused-ring (bicyclic) bond motifs is 6. The Bertz CT molecular complexity index is 2240. The van der Waals surface area contributed by atoms with Gasteiger partial charge in [-0.3, -0.25) is 0 Å². The van der Waals surface area contributed by atoms with Crippen LogP contribution in [0.25, 0.3) is 72.8 Å². The van der Waals surface area contributed by atoms with Gasteiger partial charge < -0.3 is 4.57 Å². The minimum Gasteiger partial charge on any atom is -0.309 e. The summed E-state index contributed by atoms with van der Waals surface area (Å²) in [5.74, 6) is 2.03. The highest BCUT2D eigenvalue weighted by Crippen LogP contribution is 2.41. The third-order valence-corrected chi connectivity index (χ3v) is 8.66. The van der Waals surface area contributed by atoms with Gasteiger partial charge in [0.1, 0.15) is 0 Å². The predicted molar refractivity (Wildman–Crippen MR) is 179 cm³/mol. The molecule has 0 amide bonds. The first-order chi connectivity index (χ1) is 21.8. The van der Waals surface area contributed by atoms with Crippen molar-refractivity contribution in [2.75, 3.05) is 0 Å². The van der Waals surface area contributed by atoms with E-state index in [9.17, 15) is 0 Å². The third-order valence-electron chi connectivity index (χ3n) is 8.66. The smallest absolute Gasteiger partial charge is 0.164 e. The minimum absolute atomic E-state index is 0.675. The standard InChI is InChI=1S/C40H26N4/c1-3-11-26(12-4-1)38-41-39(27-13-5-2-6-14-27)43-40(42-38)28-19-21-32-29(23-28)24-30-25-31(20-22-33(30)32)44-36-17-9-7-15-34(36)35-16-8-10-18-37(35)44/h1-23,25H,24H2. The zero-order chi connectivity index (χ0) is 29.0. The van der Waals surface area contributed by atoms with Crippen LogP contribution in [0.2, 0.25) is 0 Å². The lowest BCUT2D eigenvalue weighted by Gasteiger charge is -2.10. The summed E-state index contributed by atoms with van der Waals surface area (Å²) in [5, 5.41) is 2.55. The Hall–Kier alpha value is -5.87. The summed E-state index contributed by atoms with van der Waals surface area (Å²) < 4.78 is 2.39. The van der Waals surface area contributed by atoms with Crippen LogP contribution in [0.3, 0.4) is 0 Å². The molecular weight excluding hydrogens is 536 g/mol. The molecule has 0 aliphatic heterocycles. The quantitative estimate of drug-likeness (QED) is 0.215. The van der Waals surface area contributed by atoms with Crippen LogP contribution in [0.15, 0.2) is 146 Å². The molecule has 4 nitrogen and oxygen atoms in total. The van der Waals surface area contributed by atoms with Gasteiger partial charge in [0.2, 0.25) is 0 Å². The highest BCUT2D eigenvalue weighted by molar-refractivity contribution is 6.09. The van der Waals surface area contributed by atoms with Gasteiger partial charge in [-0.25, -0.2) is 15.0 Å². The van der Waals surface area contributed by atoms with E-state index < -0.39 is 0 Å². The second kappa shape index (κ2) is 9.85. The summed E-state index contributed by atoms with van der Waals surface area (Å²) in [4.78, 5) is 14.8. The number of hydrogen-bond acceptors (Lipinski definition) is 3. The van der Waals surface area contributed by atoms with Gasteiger partial charge in [0.15, 0.2) is 17.5 Å². The van der Waals surface area contributed by atoms with Crippen LogP contribution in [-0.4, -0.2) is 19.5 Å². The maximum atomic E-state index is 4.95. The van der Waals surface area contributed by atoms with E-state index in [4.69, 9.17) is 15.0 Å². The Balaban J connectivity index is 1.13. The fraction of sp³-hybridized carbons (Fsp3) is 0.0250. The zero-order valence-electron chi connectivity index (χ0n) is 23.9. The lowest BCUT2D eigenvalue weighted by molar-refractivity contribution is 1.07. The molecular formula is C40H26N4. The second-order valence-electron chi connectivity index (χ2n) is 11.3. The molecule has 0 unspecified atom stereocenters. The van der Waals surface area contributed by atoms with E-state index in [-0.39, 0.29) is 0 Å². The first-order valence-electron chi connectivity index (χ1n) is 14.9. The molecule has 2 heterocycles. The molecule has 0 radical (unpaired) electrons. The molecule has 9 rings (SSSR count). The molecule has 0 fully saturated rings. The normalized spacial score (nSPS) is 12.0. The molecule has 0 bridgehead atoms. The van der Waals surface area contributed by atoms with E-state index in [0.717, 1.165) is 23.1 Å². The van der Waals surface area contributed by atoms with Crippen LogP contribution in [0.4, 0.5) is 0 Å². The maximum Gasteiger partial charge on any atom is 0.164 e. The van der Waals surface area contributed by atoms with Crippen LogP contribution in [0.1, 0.15) is 11.1 Å². The van der Waals surface area contributed by atoms with Crippen LogP contribution >= 0.6 is 0 Å². The molecule has 6 aromatic carbocycles. The van der Waals surface area contributed by atoms with Gasteiger partial charge in [0, 0.05) is 33.2 Å². The van der Waals surface area contributed by atoms with E-state index in [0.29, 0.717) is 17.5 Å². The zero-order valence-corrected chi connectivity index (χ0v) is 23.9. The fourth-order valence-corrected chi connectivity index (χ4v) is 6.61. The van der Waals surface area contributed by atoms with Gasteiger partial charge in [0.25, 0.3) is 0 Å². The molecule has 8 aromatic rings. The Morgan fingerprint density at radius 3 is 1.48 bits per heavy atom. The number of benzene rings is 6. The number of hydrogen-bond donors (Lipinski definition) is 0. The summed E-state index contributed by atoms with van der Waals surface area (Å²) in [6.45, 7) is 0. The van der Waals surface area contributed by atoms with Crippen LogP contribution in [0.5, 0.6) is 0 Å².